The molecule has 3 heterocycles. The van der Waals surface area contributed by atoms with Gasteiger partial charge in [0.15, 0.2) is 5.54 Å². The molecule has 2 aromatic rings. The lowest BCUT2D eigenvalue weighted by Crippen LogP contribution is -2.52. The molecule has 8 nitrogen and oxygen atoms in total. The number of aliphatic hydroxyl groups is 1. The molecule has 2 aromatic carbocycles. The lowest BCUT2D eigenvalue weighted by Gasteiger charge is -2.35. The maximum atomic E-state index is 14.4. The number of hydrogen-bond acceptors (Lipinski definition) is 6. The second-order valence-electron chi connectivity index (χ2n) is 9.87. The van der Waals surface area contributed by atoms with Gasteiger partial charge in [-0.15, -0.1) is 0 Å². The van der Waals surface area contributed by atoms with Crippen molar-refractivity contribution < 1.29 is 24.2 Å². The van der Waals surface area contributed by atoms with Crippen molar-refractivity contribution in [2.45, 2.75) is 32.2 Å². The van der Waals surface area contributed by atoms with Crippen LogP contribution >= 0.6 is 0 Å². The third-order valence-electron chi connectivity index (χ3n) is 7.54. The molecule has 8 heteroatoms. The molecule has 37 heavy (non-hydrogen) atoms. The van der Waals surface area contributed by atoms with Gasteiger partial charge in [0.1, 0.15) is 5.76 Å². The Hall–Kier alpha value is -3.49. The van der Waals surface area contributed by atoms with E-state index in [9.17, 15) is 19.5 Å². The number of ether oxygens (including phenoxy) is 1. The largest absolute Gasteiger partial charge is 0.507 e. The molecule has 1 atom stereocenters. The fourth-order valence-corrected chi connectivity index (χ4v) is 5.75. The monoisotopic (exact) mass is 503 g/mol. The Labute approximate surface area is 217 Å². The van der Waals surface area contributed by atoms with E-state index in [-0.39, 0.29) is 23.8 Å². The van der Waals surface area contributed by atoms with Gasteiger partial charge in [-0.3, -0.25) is 19.3 Å². The molecular formula is C29H33N3O5. The number of benzene rings is 2. The zero-order chi connectivity index (χ0) is 26.2. The fraction of sp³-hybridized carbons (Fsp3) is 0.414. The summed E-state index contributed by atoms with van der Waals surface area (Å²) in [4.78, 5) is 46.9. The van der Waals surface area contributed by atoms with Crippen molar-refractivity contribution in [1.82, 2.24) is 9.80 Å². The van der Waals surface area contributed by atoms with Gasteiger partial charge in [0.2, 0.25) is 0 Å². The first-order valence-electron chi connectivity index (χ1n) is 13.0. The zero-order valence-electron chi connectivity index (χ0n) is 21.4. The van der Waals surface area contributed by atoms with Gasteiger partial charge < -0.3 is 19.6 Å². The Morgan fingerprint density at radius 1 is 0.973 bits per heavy atom. The predicted octanol–water partition coefficient (Wildman–Crippen LogP) is 3.05. The van der Waals surface area contributed by atoms with Crippen molar-refractivity contribution in [2.24, 2.45) is 0 Å². The second-order valence-corrected chi connectivity index (χ2v) is 9.87. The quantitative estimate of drug-likeness (QED) is 0.355. The van der Waals surface area contributed by atoms with Gasteiger partial charge in [0.05, 0.1) is 24.5 Å². The highest BCUT2D eigenvalue weighted by Gasteiger charge is 2.66. The van der Waals surface area contributed by atoms with Crippen LogP contribution in [-0.2, 0) is 24.7 Å². The summed E-state index contributed by atoms with van der Waals surface area (Å²) in [5.41, 5.74) is 0.780. The van der Waals surface area contributed by atoms with E-state index in [0.29, 0.717) is 49.4 Å². The molecule has 3 aliphatic heterocycles. The van der Waals surface area contributed by atoms with Gasteiger partial charge in [-0.25, -0.2) is 0 Å². The summed E-state index contributed by atoms with van der Waals surface area (Å²) in [6, 6.07) is 14.4. The van der Waals surface area contributed by atoms with Crippen LogP contribution in [0.15, 0.2) is 54.1 Å². The van der Waals surface area contributed by atoms with Crippen LogP contribution in [0.1, 0.15) is 36.5 Å². The van der Waals surface area contributed by atoms with Crippen LogP contribution in [0.3, 0.4) is 0 Å². The van der Waals surface area contributed by atoms with E-state index in [1.807, 2.05) is 44.2 Å². The Kier molecular flexibility index (Phi) is 6.88. The third-order valence-corrected chi connectivity index (χ3v) is 7.54. The fourth-order valence-electron chi connectivity index (χ4n) is 5.75. The standard InChI is InChI=1S/C29H33N3O5/c1-3-13-31-23-8-5-4-7-22(23)29(28(31)36)24(25(33)21-11-9-20(2)10-12-21)26(34)27(35)32(29)15-6-14-30-16-18-37-19-17-30/h4-5,7-12,33H,3,6,13-19H2,1-2H3/t29-/m0/s1. The number of anilines is 1. The minimum absolute atomic E-state index is 0.149. The Balaban J connectivity index is 1.64. The van der Waals surface area contributed by atoms with Crippen molar-refractivity contribution in [3.05, 3.63) is 70.8 Å². The average Bonchev–Trinajstić information content (AvgIpc) is 3.28. The topological polar surface area (TPSA) is 90.4 Å². The highest BCUT2D eigenvalue weighted by atomic mass is 16.5. The molecule has 0 bridgehead atoms. The molecule has 5 rings (SSSR count). The van der Waals surface area contributed by atoms with Crippen molar-refractivity contribution >= 4 is 29.0 Å². The van der Waals surface area contributed by atoms with Crippen LogP contribution in [0.5, 0.6) is 0 Å². The van der Waals surface area contributed by atoms with E-state index in [1.54, 1.807) is 23.1 Å². The lowest BCUT2D eigenvalue weighted by molar-refractivity contribution is -0.143. The molecular weight excluding hydrogens is 470 g/mol. The number of Topliss-reactive ketones (excluding diaryl/α,β-unsaturated/α-hetero) is 1. The molecule has 0 unspecified atom stereocenters. The summed E-state index contributed by atoms with van der Waals surface area (Å²) in [6.07, 6.45) is 1.29. The number of morpholine rings is 1. The molecule has 0 radical (unpaired) electrons. The number of fused-ring (bicyclic) bond motifs is 2. The number of aryl methyl sites for hydroxylation is 1. The minimum Gasteiger partial charge on any atom is -0.507 e. The SMILES string of the molecule is CCCN1C(=O)[C@@]2(C(=C(O)c3ccc(C)cc3)C(=O)C(=O)N2CCCN2CCOCC2)c2ccccc21. The maximum Gasteiger partial charge on any atom is 0.296 e. The first-order chi connectivity index (χ1) is 17.9. The van der Waals surface area contributed by atoms with Gasteiger partial charge in [-0.05, 0) is 25.8 Å². The van der Waals surface area contributed by atoms with E-state index in [0.717, 1.165) is 25.2 Å². The van der Waals surface area contributed by atoms with Crippen LogP contribution < -0.4 is 4.90 Å². The van der Waals surface area contributed by atoms with E-state index >= 15 is 0 Å². The molecule has 0 aliphatic carbocycles. The van der Waals surface area contributed by atoms with Crippen molar-refractivity contribution in [1.29, 1.82) is 0 Å². The Morgan fingerprint density at radius 2 is 1.68 bits per heavy atom. The number of carbonyl (C=O) groups is 3. The van der Waals surface area contributed by atoms with Gasteiger partial charge in [0.25, 0.3) is 17.6 Å². The van der Waals surface area contributed by atoms with E-state index in [2.05, 4.69) is 4.90 Å². The van der Waals surface area contributed by atoms with Crippen molar-refractivity contribution in [2.75, 3.05) is 50.8 Å². The van der Waals surface area contributed by atoms with Crippen LogP contribution in [0.4, 0.5) is 5.69 Å². The summed E-state index contributed by atoms with van der Waals surface area (Å²) in [7, 11) is 0. The number of nitrogens with zero attached hydrogens (tertiary/aromatic N) is 3. The third kappa shape index (κ3) is 4.04. The number of hydrogen-bond donors (Lipinski definition) is 1. The van der Waals surface area contributed by atoms with Gasteiger partial charge in [-0.1, -0.05) is 55.0 Å². The molecule has 1 spiro atoms. The molecule has 2 amide bonds. The minimum atomic E-state index is -1.69. The maximum absolute atomic E-state index is 14.4. The first kappa shape index (κ1) is 25.2. The lowest BCUT2D eigenvalue weighted by atomic mass is 9.81. The second kappa shape index (κ2) is 10.1. The number of para-hydroxylation sites is 1. The Morgan fingerprint density at radius 3 is 2.38 bits per heavy atom. The molecule has 3 aliphatic rings. The summed E-state index contributed by atoms with van der Waals surface area (Å²) < 4.78 is 5.43. The van der Waals surface area contributed by atoms with Gasteiger partial charge >= 0.3 is 0 Å². The van der Waals surface area contributed by atoms with Crippen molar-refractivity contribution in [3.8, 4) is 0 Å². The normalized spacial score (nSPS) is 23.4. The van der Waals surface area contributed by atoms with Gasteiger partial charge in [0, 0.05) is 43.9 Å². The van der Waals surface area contributed by atoms with Gasteiger partial charge in [-0.2, -0.15) is 0 Å². The van der Waals surface area contributed by atoms with Crippen LogP contribution in [0.2, 0.25) is 0 Å². The first-order valence-corrected chi connectivity index (χ1v) is 13.0. The van der Waals surface area contributed by atoms with Crippen LogP contribution in [0, 0.1) is 6.92 Å². The highest BCUT2D eigenvalue weighted by Crippen LogP contribution is 2.53. The number of carbonyl (C=O) groups excluding carboxylic acids is 3. The molecule has 0 saturated carbocycles. The zero-order valence-corrected chi connectivity index (χ0v) is 21.4. The summed E-state index contributed by atoms with van der Waals surface area (Å²) in [5, 5.41) is 11.5. The van der Waals surface area contributed by atoms with Crippen molar-refractivity contribution in [3.63, 3.8) is 0 Å². The molecule has 2 fully saturated rings. The number of ketones is 1. The highest BCUT2D eigenvalue weighted by molar-refractivity contribution is 6.50. The number of rotatable bonds is 7. The van der Waals surface area contributed by atoms with E-state index in [4.69, 9.17) is 4.74 Å². The molecule has 194 valence electrons. The summed E-state index contributed by atoms with van der Waals surface area (Å²) in [5.74, 6) is -2.27. The Bertz CT molecular complexity index is 1250. The average molecular weight is 504 g/mol. The number of aliphatic hydroxyl groups excluding tert-OH is 1. The van der Waals surface area contributed by atoms with Crippen LogP contribution in [0.25, 0.3) is 5.76 Å². The number of amides is 2. The summed E-state index contributed by atoms with van der Waals surface area (Å²) >= 11 is 0. The summed E-state index contributed by atoms with van der Waals surface area (Å²) in [6.45, 7) is 8.23. The van der Waals surface area contributed by atoms with Crippen LogP contribution in [-0.4, -0.2) is 78.4 Å². The molecule has 0 aromatic heterocycles. The van der Waals surface area contributed by atoms with E-state index < -0.39 is 17.2 Å². The smallest absolute Gasteiger partial charge is 0.296 e. The predicted molar refractivity (Wildman–Crippen MR) is 140 cm³/mol. The van der Waals surface area contributed by atoms with E-state index in [1.165, 1.54) is 4.90 Å². The molecule has 2 saturated heterocycles. The number of likely N-dealkylation sites (tertiary alicyclic amines) is 1. The molecule has 1 N–H and O–H groups in total.